The molecule has 1 aromatic carbocycles. The number of ether oxygens (including phenoxy) is 1. The fraction of sp³-hybridized carbons (Fsp3) is 0.720. The van der Waals surface area contributed by atoms with Gasteiger partial charge in [0, 0.05) is 44.3 Å². The fourth-order valence-corrected chi connectivity index (χ4v) is 5.65. The number of nitrogens with one attached hydrogen (secondary N) is 1. The van der Waals surface area contributed by atoms with Gasteiger partial charge in [-0.1, -0.05) is 0 Å². The highest BCUT2D eigenvalue weighted by molar-refractivity contribution is 5.86. The maximum atomic E-state index is 13.7. The summed E-state index contributed by atoms with van der Waals surface area (Å²) in [6.07, 6.45) is -1.41. The molecule has 5 nitrogen and oxygen atoms in total. The van der Waals surface area contributed by atoms with Gasteiger partial charge in [0.15, 0.2) is 0 Å². The zero-order valence-corrected chi connectivity index (χ0v) is 20.1. The van der Waals surface area contributed by atoms with E-state index in [1.165, 1.54) is 0 Å². The second-order valence-corrected chi connectivity index (χ2v) is 10.4. The van der Waals surface area contributed by atoms with E-state index in [2.05, 4.69) is 35.9 Å². The first kappa shape index (κ1) is 25.4. The lowest BCUT2D eigenvalue weighted by molar-refractivity contribution is -0.166. The Kier molecular flexibility index (Phi) is 7.27. The van der Waals surface area contributed by atoms with E-state index in [9.17, 15) is 22.4 Å². The molecule has 2 saturated heterocycles. The van der Waals surface area contributed by atoms with Gasteiger partial charge in [-0.2, -0.15) is 13.2 Å². The lowest BCUT2D eigenvalue weighted by atomic mass is 9.85. The lowest BCUT2D eigenvalue weighted by Gasteiger charge is -2.48. The zero-order valence-electron chi connectivity index (χ0n) is 20.1. The van der Waals surface area contributed by atoms with Crippen molar-refractivity contribution >= 4 is 5.91 Å². The van der Waals surface area contributed by atoms with E-state index >= 15 is 0 Å². The molecule has 1 N–H and O–H groups in total. The molecule has 9 heteroatoms. The van der Waals surface area contributed by atoms with Crippen LogP contribution in [0.15, 0.2) is 18.2 Å². The number of hydrogen-bond acceptors (Lipinski definition) is 4. The van der Waals surface area contributed by atoms with Crippen LogP contribution in [0.3, 0.4) is 0 Å². The molecule has 0 bridgehead atoms. The monoisotopic (exact) mass is 485 g/mol. The summed E-state index contributed by atoms with van der Waals surface area (Å²) in [6.45, 7) is 9.92. The van der Waals surface area contributed by atoms with Crippen molar-refractivity contribution in [3.63, 3.8) is 0 Å². The van der Waals surface area contributed by atoms with Gasteiger partial charge in [-0.25, -0.2) is 4.39 Å². The van der Waals surface area contributed by atoms with Crippen LogP contribution in [-0.2, 0) is 22.3 Å². The summed E-state index contributed by atoms with van der Waals surface area (Å²) in [7, 11) is 0. The van der Waals surface area contributed by atoms with Crippen LogP contribution in [0.5, 0.6) is 0 Å². The molecular weight excluding hydrogens is 450 g/mol. The van der Waals surface area contributed by atoms with Gasteiger partial charge in [0.1, 0.15) is 11.4 Å². The van der Waals surface area contributed by atoms with E-state index < -0.39 is 23.2 Å². The molecule has 190 valence electrons. The van der Waals surface area contributed by atoms with E-state index in [0.29, 0.717) is 31.2 Å². The Morgan fingerprint density at radius 2 is 1.94 bits per heavy atom. The summed E-state index contributed by atoms with van der Waals surface area (Å²) in [4.78, 5) is 18.2. The molecule has 1 aliphatic carbocycles. The number of carbonyl (C=O) groups is 1. The number of amides is 1. The van der Waals surface area contributed by atoms with E-state index in [4.69, 9.17) is 4.74 Å². The Morgan fingerprint density at radius 3 is 2.50 bits per heavy atom. The average Bonchev–Trinajstić information content (AvgIpc) is 3.62. The molecule has 2 heterocycles. The van der Waals surface area contributed by atoms with Gasteiger partial charge in [0.2, 0.25) is 0 Å². The van der Waals surface area contributed by atoms with Gasteiger partial charge in [-0.15, -0.1) is 0 Å². The van der Waals surface area contributed by atoms with Crippen LogP contribution in [0.2, 0.25) is 0 Å². The maximum absolute atomic E-state index is 13.7. The molecule has 34 heavy (non-hydrogen) atoms. The summed E-state index contributed by atoms with van der Waals surface area (Å²) in [6, 6.07) is 3.59. The Morgan fingerprint density at radius 1 is 1.21 bits per heavy atom. The minimum absolute atomic E-state index is 0.0809. The summed E-state index contributed by atoms with van der Waals surface area (Å²) in [5.41, 5.74) is -1.92. The van der Waals surface area contributed by atoms with E-state index in [1.54, 1.807) is 0 Å². The Labute approximate surface area is 198 Å². The highest BCUT2D eigenvalue weighted by Crippen LogP contribution is 2.47. The molecule has 1 amide bonds. The largest absolute Gasteiger partial charge is 0.416 e. The number of hydrogen-bond donors (Lipinski definition) is 1. The van der Waals surface area contributed by atoms with Gasteiger partial charge < -0.3 is 10.1 Å². The molecule has 0 aromatic heterocycles. The van der Waals surface area contributed by atoms with Gasteiger partial charge >= 0.3 is 6.18 Å². The first-order valence-electron chi connectivity index (χ1n) is 12.3. The molecule has 0 unspecified atom stereocenters. The van der Waals surface area contributed by atoms with E-state index in [-0.39, 0.29) is 30.0 Å². The fourth-order valence-electron chi connectivity index (χ4n) is 5.65. The number of alkyl halides is 3. The number of benzene rings is 1. The van der Waals surface area contributed by atoms with Crippen LogP contribution in [0, 0.1) is 11.7 Å². The third kappa shape index (κ3) is 5.41. The van der Waals surface area contributed by atoms with E-state index in [1.807, 2.05) is 0 Å². The molecule has 3 fully saturated rings. The third-order valence-electron chi connectivity index (χ3n) is 7.63. The highest BCUT2D eigenvalue weighted by Gasteiger charge is 2.54. The first-order chi connectivity index (χ1) is 16.0. The molecule has 3 atom stereocenters. The quantitative estimate of drug-likeness (QED) is 0.614. The van der Waals surface area contributed by atoms with Gasteiger partial charge in [0.05, 0.1) is 12.2 Å². The van der Waals surface area contributed by atoms with Crippen LogP contribution in [0.4, 0.5) is 17.6 Å². The third-order valence-corrected chi connectivity index (χ3v) is 7.63. The van der Waals surface area contributed by atoms with Crippen molar-refractivity contribution in [1.82, 2.24) is 15.1 Å². The predicted octanol–water partition coefficient (Wildman–Crippen LogP) is 4.20. The number of carbonyl (C=O) groups excluding carboxylic acids is 1. The second kappa shape index (κ2) is 9.74. The van der Waals surface area contributed by atoms with Crippen molar-refractivity contribution in [2.45, 2.75) is 82.9 Å². The highest BCUT2D eigenvalue weighted by atomic mass is 19.4. The minimum Gasteiger partial charge on any atom is -0.363 e. The summed E-state index contributed by atoms with van der Waals surface area (Å²) < 4.78 is 59.0. The van der Waals surface area contributed by atoms with Gasteiger partial charge in [-0.05, 0) is 76.1 Å². The van der Waals surface area contributed by atoms with E-state index in [0.717, 1.165) is 51.0 Å². The second-order valence-electron chi connectivity index (χ2n) is 10.4. The SMILES string of the molecule is CC(C)N1CCN([C@@H]2CC[C@@](C(=O)NCc3cc(F)cc(C(F)(F)F)c3)(C3CC3)OC2)C[C@@H]1C. The maximum Gasteiger partial charge on any atom is 0.416 e. The van der Waals surface area contributed by atoms with Crippen LogP contribution in [0.1, 0.15) is 57.6 Å². The smallest absolute Gasteiger partial charge is 0.363 e. The molecule has 0 radical (unpaired) electrons. The van der Waals surface area contributed by atoms with Crippen molar-refractivity contribution in [3.05, 3.63) is 35.1 Å². The standard InChI is InChI=1S/C25H35F4N3O2/c1-16(2)32-9-8-31(14-17(32)3)22-6-7-24(34-15-22,19-4-5-19)23(33)30-13-18-10-20(25(27,28)29)12-21(26)11-18/h10-12,16-17,19,22H,4-9,13-15H2,1-3H3,(H,30,33)/t17-,22+,24-/m0/s1. The van der Waals surface area contributed by atoms with Crippen molar-refractivity contribution in [2.24, 2.45) is 5.92 Å². The van der Waals surface area contributed by atoms with Crippen LogP contribution < -0.4 is 5.32 Å². The van der Waals surface area contributed by atoms with Gasteiger partial charge in [0.25, 0.3) is 5.91 Å². The Balaban J connectivity index is 1.37. The van der Waals surface area contributed by atoms with Crippen LogP contribution in [-0.4, -0.2) is 65.7 Å². The normalized spacial score (nSPS) is 29.4. The Bertz CT molecular complexity index is 879. The molecule has 3 aliphatic rings. The molecular formula is C25H35F4N3O2. The lowest BCUT2D eigenvalue weighted by Crippen LogP contribution is -2.61. The molecule has 0 spiro atoms. The van der Waals surface area contributed by atoms with Crippen molar-refractivity contribution < 1.29 is 27.1 Å². The Hall–Kier alpha value is -1.71. The zero-order chi connectivity index (χ0) is 24.7. The molecule has 2 aliphatic heterocycles. The van der Waals surface area contributed by atoms with Crippen molar-refractivity contribution in [1.29, 1.82) is 0 Å². The number of piperazine rings is 1. The minimum atomic E-state index is -4.64. The van der Waals surface area contributed by atoms with Crippen LogP contribution >= 0.6 is 0 Å². The summed E-state index contributed by atoms with van der Waals surface area (Å²) >= 11 is 0. The molecule has 1 aromatic rings. The number of rotatable bonds is 6. The van der Waals surface area contributed by atoms with Crippen molar-refractivity contribution in [2.75, 3.05) is 26.2 Å². The number of nitrogens with zero attached hydrogens (tertiary/aromatic N) is 2. The predicted molar refractivity (Wildman–Crippen MR) is 121 cm³/mol. The van der Waals surface area contributed by atoms with Crippen molar-refractivity contribution in [3.8, 4) is 0 Å². The summed E-state index contributed by atoms with van der Waals surface area (Å²) in [5, 5.41) is 2.74. The first-order valence-corrected chi connectivity index (χ1v) is 12.3. The molecule has 4 rings (SSSR count). The number of halogens is 4. The van der Waals surface area contributed by atoms with Crippen LogP contribution in [0.25, 0.3) is 0 Å². The molecule has 1 saturated carbocycles. The average molecular weight is 486 g/mol. The van der Waals surface area contributed by atoms with Gasteiger partial charge in [-0.3, -0.25) is 14.6 Å². The summed E-state index contributed by atoms with van der Waals surface area (Å²) in [5.74, 6) is -1.15. The topological polar surface area (TPSA) is 44.8 Å².